The van der Waals surface area contributed by atoms with E-state index in [1.807, 2.05) is 6.92 Å². The fourth-order valence-corrected chi connectivity index (χ4v) is 1.58. The molecule has 2 atom stereocenters. The topological polar surface area (TPSA) is 75.6 Å². The largest absolute Gasteiger partial charge is 0.481 e. The lowest BCUT2D eigenvalue weighted by molar-refractivity contribution is -0.142. The summed E-state index contributed by atoms with van der Waals surface area (Å²) in [6.07, 6.45) is 0.470. The summed E-state index contributed by atoms with van der Waals surface area (Å²) in [5.41, 5.74) is -0.576. The van der Waals surface area contributed by atoms with Crippen molar-refractivity contribution < 1.29 is 19.4 Å². The van der Waals surface area contributed by atoms with Gasteiger partial charge in [-0.3, -0.25) is 4.79 Å². The van der Waals surface area contributed by atoms with Crippen molar-refractivity contribution in [3.63, 3.8) is 0 Å². The Kier molecular flexibility index (Phi) is 5.99. The van der Waals surface area contributed by atoms with Crippen LogP contribution in [0.3, 0.4) is 0 Å². The number of rotatable bonds is 5. The average Bonchev–Trinajstić information content (AvgIpc) is 2.13. The van der Waals surface area contributed by atoms with Gasteiger partial charge in [0.1, 0.15) is 5.60 Å². The van der Waals surface area contributed by atoms with Gasteiger partial charge in [0.25, 0.3) is 0 Å². The van der Waals surface area contributed by atoms with Gasteiger partial charge in [-0.2, -0.15) is 0 Å². The third-order valence-electron chi connectivity index (χ3n) is 2.38. The lowest BCUT2D eigenvalue weighted by Gasteiger charge is -2.25. The van der Waals surface area contributed by atoms with Crippen LogP contribution >= 0.6 is 0 Å². The molecule has 0 saturated heterocycles. The molecule has 5 nitrogen and oxygen atoms in total. The Morgan fingerprint density at radius 2 is 1.76 bits per heavy atom. The lowest BCUT2D eigenvalue weighted by atomic mass is 9.95. The van der Waals surface area contributed by atoms with Crippen LogP contribution < -0.4 is 5.32 Å². The molecule has 0 aromatic rings. The van der Waals surface area contributed by atoms with E-state index in [9.17, 15) is 9.59 Å². The van der Waals surface area contributed by atoms with Crippen molar-refractivity contribution in [3.8, 4) is 0 Å². The molecular weight excluding hydrogens is 222 g/mol. The number of alkyl carbamates (subject to hydrolysis) is 1. The summed E-state index contributed by atoms with van der Waals surface area (Å²) in [6, 6.07) is -0.396. The maximum Gasteiger partial charge on any atom is 0.407 e. The number of carboxylic acids is 1. The standard InChI is InChI=1S/C12H23NO4/c1-6-8(10(14)15)9(7-2)13-11(16)17-12(3,4)5/h8-9H,6-7H2,1-5H3,(H,13,16)(H,14,15)/t8-,9-/m0/s1. The molecule has 0 spiro atoms. The van der Waals surface area contributed by atoms with Gasteiger partial charge >= 0.3 is 12.1 Å². The number of carboxylic acid groups (broad SMARTS) is 1. The molecule has 0 rings (SSSR count). The normalized spacial score (nSPS) is 14.9. The van der Waals surface area contributed by atoms with Crippen molar-refractivity contribution in [1.29, 1.82) is 0 Å². The average molecular weight is 245 g/mol. The van der Waals surface area contributed by atoms with Crippen LogP contribution in [0.5, 0.6) is 0 Å². The Hall–Kier alpha value is -1.26. The van der Waals surface area contributed by atoms with Crippen molar-refractivity contribution >= 4 is 12.1 Å². The highest BCUT2D eigenvalue weighted by atomic mass is 16.6. The number of ether oxygens (including phenoxy) is 1. The van der Waals surface area contributed by atoms with E-state index in [1.165, 1.54) is 0 Å². The van der Waals surface area contributed by atoms with E-state index in [-0.39, 0.29) is 0 Å². The molecule has 0 aliphatic rings. The maximum absolute atomic E-state index is 11.5. The molecule has 100 valence electrons. The molecule has 0 radical (unpaired) electrons. The monoisotopic (exact) mass is 245 g/mol. The minimum atomic E-state index is -0.893. The molecule has 0 saturated carbocycles. The number of carbonyl (C=O) groups is 2. The molecule has 0 unspecified atom stereocenters. The number of hydrogen-bond acceptors (Lipinski definition) is 3. The highest BCUT2D eigenvalue weighted by Crippen LogP contribution is 2.14. The molecule has 5 heteroatoms. The van der Waals surface area contributed by atoms with Crippen LogP contribution in [0.4, 0.5) is 4.79 Å². The van der Waals surface area contributed by atoms with E-state index in [0.29, 0.717) is 12.8 Å². The van der Waals surface area contributed by atoms with E-state index in [1.54, 1.807) is 27.7 Å². The van der Waals surface area contributed by atoms with E-state index in [0.717, 1.165) is 0 Å². The summed E-state index contributed by atoms with van der Waals surface area (Å²) in [5.74, 6) is -1.47. The second-order valence-electron chi connectivity index (χ2n) is 5.01. The van der Waals surface area contributed by atoms with Gasteiger partial charge in [0.15, 0.2) is 0 Å². The molecule has 0 heterocycles. The number of carbonyl (C=O) groups excluding carboxylic acids is 1. The Morgan fingerprint density at radius 1 is 1.24 bits per heavy atom. The first-order chi connectivity index (χ1) is 7.71. The third kappa shape index (κ3) is 6.14. The molecule has 0 fully saturated rings. The molecule has 17 heavy (non-hydrogen) atoms. The van der Waals surface area contributed by atoms with Gasteiger partial charge in [0.2, 0.25) is 0 Å². The summed E-state index contributed by atoms with van der Waals surface area (Å²) in [6.45, 7) is 8.93. The van der Waals surface area contributed by atoms with Crippen molar-refractivity contribution in [2.75, 3.05) is 0 Å². The second kappa shape index (κ2) is 6.47. The Balaban J connectivity index is 4.49. The Morgan fingerprint density at radius 3 is 2.06 bits per heavy atom. The zero-order valence-corrected chi connectivity index (χ0v) is 11.2. The summed E-state index contributed by atoms with van der Waals surface area (Å²) in [4.78, 5) is 22.6. The minimum absolute atomic E-state index is 0.396. The Labute approximate surface area is 103 Å². The van der Waals surface area contributed by atoms with Gasteiger partial charge < -0.3 is 15.2 Å². The third-order valence-corrected chi connectivity index (χ3v) is 2.38. The summed E-state index contributed by atoms with van der Waals surface area (Å²) >= 11 is 0. The van der Waals surface area contributed by atoms with E-state index in [4.69, 9.17) is 9.84 Å². The van der Waals surface area contributed by atoms with Gasteiger partial charge in [-0.1, -0.05) is 13.8 Å². The highest BCUT2D eigenvalue weighted by molar-refractivity contribution is 5.73. The maximum atomic E-state index is 11.5. The van der Waals surface area contributed by atoms with Gasteiger partial charge in [-0.15, -0.1) is 0 Å². The molecule has 0 aromatic heterocycles. The first-order valence-electron chi connectivity index (χ1n) is 5.93. The van der Waals surface area contributed by atoms with Crippen LogP contribution in [0.15, 0.2) is 0 Å². The number of hydrogen-bond donors (Lipinski definition) is 2. The van der Waals surface area contributed by atoms with Crippen LogP contribution in [0.1, 0.15) is 47.5 Å². The zero-order valence-electron chi connectivity index (χ0n) is 11.2. The fourth-order valence-electron chi connectivity index (χ4n) is 1.58. The van der Waals surface area contributed by atoms with Crippen molar-refractivity contribution in [2.24, 2.45) is 5.92 Å². The molecule has 0 bridgehead atoms. The van der Waals surface area contributed by atoms with Gasteiger partial charge in [0, 0.05) is 6.04 Å². The smallest absolute Gasteiger partial charge is 0.407 e. The fraction of sp³-hybridized carbons (Fsp3) is 0.833. The number of aliphatic carboxylic acids is 1. The molecule has 0 aromatic carbocycles. The molecular formula is C12H23NO4. The first kappa shape index (κ1) is 15.7. The van der Waals surface area contributed by atoms with E-state index >= 15 is 0 Å². The SMILES string of the molecule is CC[C@H](NC(=O)OC(C)(C)C)[C@H](CC)C(=O)O. The number of nitrogens with one attached hydrogen (secondary N) is 1. The summed E-state index contributed by atoms with van der Waals surface area (Å²) < 4.78 is 5.10. The number of amides is 1. The van der Waals surface area contributed by atoms with Crippen LogP contribution in [-0.2, 0) is 9.53 Å². The molecule has 2 N–H and O–H groups in total. The predicted octanol–water partition coefficient (Wildman–Crippen LogP) is 2.40. The second-order valence-corrected chi connectivity index (χ2v) is 5.01. The van der Waals surface area contributed by atoms with Gasteiger partial charge in [-0.05, 0) is 33.6 Å². The molecule has 0 aliphatic heterocycles. The van der Waals surface area contributed by atoms with Crippen molar-refractivity contribution in [1.82, 2.24) is 5.32 Å². The predicted molar refractivity (Wildman–Crippen MR) is 64.9 cm³/mol. The van der Waals surface area contributed by atoms with Crippen LogP contribution in [0.2, 0.25) is 0 Å². The molecule has 0 aliphatic carbocycles. The highest BCUT2D eigenvalue weighted by Gasteiger charge is 2.28. The van der Waals surface area contributed by atoms with Crippen LogP contribution in [0.25, 0.3) is 0 Å². The van der Waals surface area contributed by atoms with Gasteiger partial charge in [-0.25, -0.2) is 4.79 Å². The van der Waals surface area contributed by atoms with Crippen LogP contribution in [0, 0.1) is 5.92 Å². The lowest BCUT2D eigenvalue weighted by Crippen LogP contribution is -2.44. The van der Waals surface area contributed by atoms with Crippen molar-refractivity contribution in [3.05, 3.63) is 0 Å². The Bertz CT molecular complexity index is 270. The zero-order chi connectivity index (χ0) is 13.6. The first-order valence-corrected chi connectivity index (χ1v) is 5.93. The summed E-state index contributed by atoms with van der Waals surface area (Å²) in [7, 11) is 0. The van der Waals surface area contributed by atoms with Gasteiger partial charge in [0.05, 0.1) is 5.92 Å². The van der Waals surface area contributed by atoms with E-state index in [2.05, 4.69) is 5.32 Å². The van der Waals surface area contributed by atoms with E-state index < -0.39 is 29.6 Å². The minimum Gasteiger partial charge on any atom is -0.481 e. The van der Waals surface area contributed by atoms with Crippen molar-refractivity contribution in [2.45, 2.75) is 59.1 Å². The molecule has 1 amide bonds. The summed E-state index contributed by atoms with van der Waals surface area (Å²) in [5, 5.41) is 11.6. The quantitative estimate of drug-likeness (QED) is 0.779. The van der Waals surface area contributed by atoms with Crippen LogP contribution in [-0.4, -0.2) is 28.8 Å².